The van der Waals surface area contributed by atoms with Crippen molar-refractivity contribution in [3.63, 3.8) is 0 Å². The van der Waals surface area contributed by atoms with Gasteiger partial charge < -0.3 is 15.5 Å². The van der Waals surface area contributed by atoms with Gasteiger partial charge in [-0.05, 0) is 52.2 Å². The Morgan fingerprint density at radius 3 is 2.53 bits per heavy atom. The molecule has 4 nitrogen and oxygen atoms in total. The average molecular weight is 241 g/mol. The Morgan fingerprint density at radius 1 is 1.41 bits per heavy atom. The van der Waals surface area contributed by atoms with E-state index in [4.69, 9.17) is 0 Å². The number of amides is 1. The van der Waals surface area contributed by atoms with Gasteiger partial charge >= 0.3 is 0 Å². The molecule has 1 unspecified atom stereocenters. The number of nitrogens with zero attached hydrogens (tertiary/aromatic N) is 1. The van der Waals surface area contributed by atoms with Gasteiger partial charge in [0.05, 0.1) is 6.04 Å². The van der Waals surface area contributed by atoms with Gasteiger partial charge in [0.25, 0.3) is 0 Å². The zero-order valence-electron chi connectivity index (χ0n) is 11.7. The lowest BCUT2D eigenvalue weighted by Gasteiger charge is -2.38. The van der Waals surface area contributed by atoms with Crippen molar-refractivity contribution in [1.29, 1.82) is 0 Å². The first kappa shape index (κ1) is 14.5. The fraction of sp³-hybridized carbons (Fsp3) is 0.923. The molecule has 0 aromatic carbocycles. The van der Waals surface area contributed by atoms with E-state index in [1.807, 2.05) is 13.8 Å². The minimum Gasteiger partial charge on any atom is -0.355 e. The lowest BCUT2D eigenvalue weighted by atomic mass is 9.80. The second-order valence-corrected chi connectivity index (χ2v) is 5.61. The Balaban J connectivity index is 2.32. The molecule has 1 heterocycles. The van der Waals surface area contributed by atoms with E-state index in [2.05, 4.69) is 29.5 Å². The molecule has 1 aliphatic heterocycles. The molecular weight excluding hydrogens is 214 g/mol. The summed E-state index contributed by atoms with van der Waals surface area (Å²) in [5.74, 6) is 0.101. The average Bonchev–Trinajstić information content (AvgIpc) is 2.31. The smallest absolute Gasteiger partial charge is 0.236 e. The Hall–Kier alpha value is -0.610. The molecule has 0 aromatic rings. The second-order valence-electron chi connectivity index (χ2n) is 5.61. The topological polar surface area (TPSA) is 44.4 Å². The van der Waals surface area contributed by atoms with Crippen LogP contribution in [0.4, 0.5) is 0 Å². The van der Waals surface area contributed by atoms with Crippen molar-refractivity contribution in [2.45, 2.75) is 39.7 Å². The van der Waals surface area contributed by atoms with Gasteiger partial charge in [-0.15, -0.1) is 0 Å². The molecule has 17 heavy (non-hydrogen) atoms. The van der Waals surface area contributed by atoms with Crippen LogP contribution in [0.3, 0.4) is 0 Å². The molecule has 1 fully saturated rings. The molecule has 0 spiro atoms. The lowest BCUT2D eigenvalue weighted by Crippen LogP contribution is -2.48. The number of nitrogens with one attached hydrogen (secondary N) is 2. The van der Waals surface area contributed by atoms with Gasteiger partial charge in [0.2, 0.25) is 5.91 Å². The summed E-state index contributed by atoms with van der Waals surface area (Å²) in [6, 6.07) is -0.0913. The van der Waals surface area contributed by atoms with Crippen molar-refractivity contribution in [3.8, 4) is 0 Å². The summed E-state index contributed by atoms with van der Waals surface area (Å²) in [6.45, 7) is 10.1. The summed E-state index contributed by atoms with van der Waals surface area (Å²) >= 11 is 0. The Kier molecular flexibility index (Phi) is 5.40. The molecular formula is C13H27N3O. The fourth-order valence-electron chi connectivity index (χ4n) is 2.15. The lowest BCUT2D eigenvalue weighted by molar-refractivity contribution is -0.122. The quantitative estimate of drug-likeness (QED) is 0.749. The highest BCUT2D eigenvalue weighted by atomic mass is 16.2. The van der Waals surface area contributed by atoms with E-state index in [-0.39, 0.29) is 11.9 Å². The van der Waals surface area contributed by atoms with Crippen molar-refractivity contribution in [3.05, 3.63) is 0 Å². The predicted molar refractivity (Wildman–Crippen MR) is 71.0 cm³/mol. The summed E-state index contributed by atoms with van der Waals surface area (Å²) in [4.78, 5) is 14.0. The van der Waals surface area contributed by atoms with E-state index >= 15 is 0 Å². The summed E-state index contributed by atoms with van der Waals surface area (Å²) in [7, 11) is 2.17. The van der Waals surface area contributed by atoms with Crippen molar-refractivity contribution >= 4 is 5.91 Å². The largest absolute Gasteiger partial charge is 0.355 e. The van der Waals surface area contributed by atoms with Crippen molar-refractivity contribution in [1.82, 2.24) is 15.5 Å². The third-order valence-electron chi connectivity index (χ3n) is 3.77. The summed E-state index contributed by atoms with van der Waals surface area (Å²) in [5.41, 5.74) is 0.341. The van der Waals surface area contributed by atoms with Crippen LogP contribution in [0.15, 0.2) is 0 Å². The Bertz CT molecular complexity index is 247. The maximum absolute atomic E-state index is 11.6. The summed E-state index contributed by atoms with van der Waals surface area (Å²) in [5, 5.41) is 6.20. The summed E-state index contributed by atoms with van der Waals surface area (Å²) < 4.78 is 0. The maximum Gasteiger partial charge on any atom is 0.236 e. The van der Waals surface area contributed by atoms with Crippen LogP contribution in [-0.2, 0) is 4.79 Å². The number of carbonyl (C=O) groups is 1. The van der Waals surface area contributed by atoms with Crippen molar-refractivity contribution < 1.29 is 4.79 Å². The van der Waals surface area contributed by atoms with Gasteiger partial charge in [-0.2, -0.15) is 0 Å². The standard InChI is InChI=1S/C13H27N3O/c1-5-14-12(17)11(2)15-10-13(3)6-8-16(4)9-7-13/h11,15H,5-10H2,1-4H3,(H,14,17). The first-order valence-corrected chi connectivity index (χ1v) is 6.66. The third-order valence-corrected chi connectivity index (χ3v) is 3.77. The minimum absolute atomic E-state index is 0.0913. The van der Waals surface area contributed by atoms with Gasteiger partial charge in [-0.1, -0.05) is 6.92 Å². The second kappa shape index (κ2) is 6.36. The van der Waals surface area contributed by atoms with E-state index in [0.29, 0.717) is 12.0 Å². The van der Waals surface area contributed by atoms with Crippen LogP contribution in [0, 0.1) is 5.41 Å². The molecule has 4 heteroatoms. The molecule has 0 radical (unpaired) electrons. The molecule has 100 valence electrons. The highest BCUT2D eigenvalue weighted by Crippen LogP contribution is 2.29. The maximum atomic E-state index is 11.6. The predicted octanol–water partition coefficient (Wildman–Crippen LogP) is 0.833. The molecule has 1 rings (SSSR count). The van der Waals surface area contributed by atoms with E-state index < -0.39 is 0 Å². The number of hydrogen-bond acceptors (Lipinski definition) is 3. The molecule has 0 aromatic heterocycles. The molecule has 0 saturated carbocycles. The number of rotatable bonds is 5. The zero-order valence-corrected chi connectivity index (χ0v) is 11.7. The van der Waals surface area contributed by atoms with E-state index in [9.17, 15) is 4.79 Å². The van der Waals surface area contributed by atoms with Gasteiger partial charge in [-0.3, -0.25) is 4.79 Å². The molecule has 1 aliphatic rings. The van der Waals surface area contributed by atoms with E-state index in [0.717, 1.165) is 19.6 Å². The van der Waals surface area contributed by atoms with Gasteiger partial charge in [0, 0.05) is 13.1 Å². The molecule has 1 atom stereocenters. The number of carbonyl (C=O) groups excluding carboxylic acids is 1. The van der Waals surface area contributed by atoms with E-state index in [1.54, 1.807) is 0 Å². The third kappa shape index (κ3) is 4.64. The molecule has 1 amide bonds. The molecule has 2 N–H and O–H groups in total. The molecule has 1 saturated heterocycles. The zero-order chi connectivity index (χ0) is 12.9. The Morgan fingerprint density at radius 2 is 2.00 bits per heavy atom. The van der Waals surface area contributed by atoms with Crippen molar-refractivity contribution in [2.24, 2.45) is 5.41 Å². The van der Waals surface area contributed by atoms with Crippen LogP contribution >= 0.6 is 0 Å². The van der Waals surface area contributed by atoms with Crippen LogP contribution in [0.2, 0.25) is 0 Å². The number of likely N-dealkylation sites (tertiary alicyclic amines) is 1. The number of likely N-dealkylation sites (N-methyl/N-ethyl adjacent to an activating group) is 1. The minimum atomic E-state index is -0.0913. The highest BCUT2D eigenvalue weighted by Gasteiger charge is 2.29. The van der Waals surface area contributed by atoms with Gasteiger partial charge in [0.1, 0.15) is 0 Å². The van der Waals surface area contributed by atoms with E-state index in [1.165, 1.54) is 12.8 Å². The normalized spacial score (nSPS) is 22.1. The molecule has 0 bridgehead atoms. The van der Waals surface area contributed by atoms with Crippen LogP contribution < -0.4 is 10.6 Å². The number of piperidine rings is 1. The summed E-state index contributed by atoms with van der Waals surface area (Å²) in [6.07, 6.45) is 2.41. The van der Waals surface area contributed by atoms with Gasteiger partial charge in [0.15, 0.2) is 0 Å². The van der Waals surface area contributed by atoms with Crippen LogP contribution in [0.1, 0.15) is 33.6 Å². The number of hydrogen-bond donors (Lipinski definition) is 2. The van der Waals surface area contributed by atoms with Crippen LogP contribution in [0.25, 0.3) is 0 Å². The van der Waals surface area contributed by atoms with Crippen LogP contribution in [-0.4, -0.2) is 50.1 Å². The highest BCUT2D eigenvalue weighted by molar-refractivity contribution is 5.81. The van der Waals surface area contributed by atoms with Crippen LogP contribution in [0.5, 0.6) is 0 Å². The Labute approximate surface area is 105 Å². The first-order chi connectivity index (χ1) is 7.97. The first-order valence-electron chi connectivity index (χ1n) is 6.66. The fourth-order valence-corrected chi connectivity index (χ4v) is 2.15. The van der Waals surface area contributed by atoms with Crippen molar-refractivity contribution in [2.75, 3.05) is 33.2 Å². The molecule has 0 aliphatic carbocycles. The SMILES string of the molecule is CCNC(=O)C(C)NCC1(C)CCN(C)CC1. The van der Waals surface area contributed by atoms with Gasteiger partial charge in [-0.25, -0.2) is 0 Å². The monoisotopic (exact) mass is 241 g/mol.